The number of quaternary nitrogens is 1. The van der Waals surface area contributed by atoms with Crippen LogP contribution in [0, 0.1) is 6.92 Å². The number of rotatable bonds is 6. The Kier molecular flexibility index (Phi) is 6.73. The van der Waals surface area contributed by atoms with Crippen LogP contribution < -0.4 is 5.32 Å². The fraction of sp³-hybridized carbons (Fsp3) is 0.321. The van der Waals surface area contributed by atoms with E-state index in [2.05, 4.69) is 31.5 Å². The molecule has 0 aliphatic carbocycles. The Bertz CT molecular complexity index is 1050. The maximum atomic E-state index is 13.2. The van der Waals surface area contributed by atoms with Gasteiger partial charge in [0, 0.05) is 24.1 Å². The maximum Gasteiger partial charge on any atom is 0.256 e. The van der Waals surface area contributed by atoms with Crippen molar-refractivity contribution in [3.05, 3.63) is 89.5 Å². The lowest BCUT2D eigenvalue weighted by Gasteiger charge is -2.40. The van der Waals surface area contributed by atoms with Crippen molar-refractivity contribution in [2.24, 2.45) is 0 Å². The predicted molar refractivity (Wildman–Crippen MR) is 131 cm³/mol. The highest BCUT2D eigenvalue weighted by atomic mass is 16.5. The summed E-state index contributed by atoms with van der Waals surface area (Å²) in [6, 6.07) is 25.0. The summed E-state index contributed by atoms with van der Waals surface area (Å²) in [4.78, 5) is 13.2. The predicted octanol–water partition coefficient (Wildman–Crippen LogP) is 5.67. The van der Waals surface area contributed by atoms with Crippen molar-refractivity contribution in [3.8, 4) is 11.1 Å². The molecule has 4 nitrogen and oxygen atoms in total. The van der Waals surface area contributed by atoms with Crippen LogP contribution in [0.3, 0.4) is 0 Å². The van der Waals surface area contributed by atoms with Crippen LogP contribution in [0.2, 0.25) is 0 Å². The van der Waals surface area contributed by atoms with E-state index in [0.29, 0.717) is 6.04 Å². The molecular weight excluding hydrogens is 396 g/mol. The van der Waals surface area contributed by atoms with Crippen molar-refractivity contribution < 1.29 is 14.0 Å². The van der Waals surface area contributed by atoms with Crippen molar-refractivity contribution in [2.75, 3.05) is 32.6 Å². The van der Waals surface area contributed by atoms with E-state index in [-0.39, 0.29) is 5.91 Å². The molecular formula is C28H33N2O2+. The number of hydrogen-bond acceptors (Lipinski definition) is 2. The molecule has 1 saturated heterocycles. The van der Waals surface area contributed by atoms with Gasteiger partial charge in [0.25, 0.3) is 5.91 Å². The molecule has 3 aromatic rings. The Balaban J connectivity index is 1.48. The van der Waals surface area contributed by atoms with Gasteiger partial charge in [0.15, 0.2) is 0 Å². The summed E-state index contributed by atoms with van der Waals surface area (Å²) in [5, 5.41) is 3.10. The van der Waals surface area contributed by atoms with E-state index >= 15 is 0 Å². The van der Waals surface area contributed by atoms with E-state index in [9.17, 15) is 4.79 Å². The number of carbonyl (C=O) groups is 1. The third-order valence-corrected chi connectivity index (χ3v) is 6.57. The highest BCUT2D eigenvalue weighted by Crippen LogP contribution is 2.27. The van der Waals surface area contributed by atoms with Gasteiger partial charge >= 0.3 is 0 Å². The van der Waals surface area contributed by atoms with Gasteiger partial charge < -0.3 is 14.5 Å². The van der Waals surface area contributed by atoms with Gasteiger partial charge in [-0.15, -0.1) is 0 Å². The van der Waals surface area contributed by atoms with Gasteiger partial charge in [-0.2, -0.15) is 0 Å². The average Bonchev–Trinajstić information content (AvgIpc) is 2.81. The molecule has 4 rings (SSSR count). The van der Waals surface area contributed by atoms with E-state index in [1.165, 1.54) is 5.56 Å². The maximum absolute atomic E-state index is 13.2. The average molecular weight is 430 g/mol. The lowest BCUT2D eigenvalue weighted by molar-refractivity contribution is -0.929. The summed E-state index contributed by atoms with van der Waals surface area (Å²) >= 11 is 0. The number of carbonyl (C=O) groups excluding carboxylic acids is 1. The number of hydrogen-bond donors (Lipinski definition) is 1. The first-order chi connectivity index (χ1) is 15.4. The molecule has 0 unspecified atom stereocenters. The Morgan fingerprint density at radius 2 is 1.62 bits per heavy atom. The van der Waals surface area contributed by atoms with Crippen molar-refractivity contribution in [1.82, 2.24) is 0 Å². The first kappa shape index (κ1) is 22.3. The molecule has 1 N–H and O–H groups in total. The van der Waals surface area contributed by atoms with Crippen LogP contribution in [0.25, 0.3) is 11.1 Å². The Labute approximate surface area is 191 Å². The van der Waals surface area contributed by atoms with E-state index in [1.54, 1.807) is 0 Å². The molecule has 0 atom stereocenters. The molecule has 0 radical (unpaired) electrons. The number of benzene rings is 3. The third kappa shape index (κ3) is 5.09. The quantitative estimate of drug-likeness (QED) is 0.513. The van der Waals surface area contributed by atoms with E-state index < -0.39 is 0 Å². The monoisotopic (exact) mass is 429 g/mol. The van der Waals surface area contributed by atoms with Crippen LogP contribution in [0.4, 0.5) is 5.69 Å². The zero-order valence-electron chi connectivity index (χ0n) is 19.3. The van der Waals surface area contributed by atoms with Crippen LogP contribution >= 0.6 is 0 Å². The number of amides is 1. The SMILES string of the molecule is Cc1cccc(-c2ccccc2)c1C(=O)Nc1ccc(C[N+](C)(C)C2CCOCC2)cc1. The normalized spacial score (nSPS) is 14.8. The van der Waals surface area contributed by atoms with Gasteiger partial charge in [-0.1, -0.05) is 60.7 Å². The number of anilines is 1. The summed E-state index contributed by atoms with van der Waals surface area (Å²) in [5.74, 6) is -0.0759. The molecule has 1 amide bonds. The van der Waals surface area contributed by atoms with Crippen molar-refractivity contribution >= 4 is 11.6 Å². The topological polar surface area (TPSA) is 38.3 Å². The van der Waals surface area contributed by atoms with Crippen molar-refractivity contribution in [1.29, 1.82) is 0 Å². The van der Waals surface area contributed by atoms with Crippen LogP contribution in [0.15, 0.2) is 72.8 Å². The van der Waals surface area contributed by atoms with Gasteiger partial charge in [-0.25, -0.2) is 0 Å². The molecule has 1 fully saturated rings. The van der Waals surface area contributed by atoms with Gasteiger partial charge in [-0.05, 0) is 35.7 Å². The highest BCUT2D eigenvalue weighted by molar-refractivity contribution is 6.09. The van der Waals surface area contributed by atoms with Crippen LogP contribution in [-0.2, 0) is 11.3 Å². The molecule has 0 bridgehead atoms. The summed E-state index contributed by atoms with van der Waals surface area (Å²) in [6.07, 6.45) is 2.22. The van der Waals surface area contributed by atoms with E-state index in [4.69, 9.17) is 4.74 Å². The second-order valence-corrected chi connectivity index (χ2v) is 9.29. The minimum atomic E-state index is -0.0759. The van der Waals surface area contributed by atoms with E-state index in [1.807, 2.05) is 67.6 Å². The fourth-order valence-electron chi connectivity index (χ4n) is 4.70. The largest absolute Gasteiger partial charge is 0.381 e. The summed E-state index contributed by atoms with van der Waals surface area (Å²) < 4.78 is 6.49. The number of nitrogens with zero attached hydrogens (tertiary/aromatic N) is 1. The highest BCUT2D eigenvalue weighted by Gasteiger charge is 2.30. The summed E-state index contributed by atoms with van der Waals surface area (Å²) in [5.41, 5.74) is 5.79. The second-order valence-electron chi connectivity index (χ2n) is 9.29. The fourth-order valence-corrected chi connectivity index (χ4v) is 4.70. The molecule has 3 aromatic carbocycles. The number of aryl methyl sites for hydroxylation is 1. The second kappa shape index (κ2) is 9.68. The minimum absolute atomic E-state index is 0.0759. The molecule has 1 aliphatic rings. The summed E-state index contributed by atoms with van der Waals surface area (Å²) in [6.45, 7) is 4.68. The van der Waals surface area contributed by atoms with Gasteiger partial charge in [0.2, 0.25) is 0 Å². The standard InChI is InChI=1S/C28H32N2O2/c1-21-8-7-11-26(23-9-5-4-6-10-23)27(21)28(31)29-24-14-12-22(13-15-24)20-30(2,3)25-16-18-32-19-17-25/h4-15,25H,16-20H2,1-3H3/p+1. The zero-order chi connectivity index (χ0) is 22.6. The molecule has 4 heteroatoms. The van der Waals surface area contributed by atoms with Gasteiger partial charge in [-0.3, -0.25) is 4.79 Å². The molecule has 1 heterocycles. The molecule has 166 valence electrons. The van der Waals surface area contributed by atoms with Crippen LogP contribution in [-0.4, -0.2) is 43.7 Å². The number of ether oxygens (including phenoxy) is 1. The molecule has 0 spiro atoms. The van der Waals surface area contributed by atoms with Crippen LogP contribution in [0.5, 0.6) is 0 Å². The lowest BCUT2D eigenvalue weighted by Crippen LogP contribution is -2.50. The van der Waals surface area contributed by atoms with Gasteiger partial charge in [0.05, 0.1) is 38.9 Å². The molecule has 1 aliphatic heterocycles. The van der Waals surface area contributed by atoms with Crippen molar-refractivity contribution in [2.45, 2.75) is 32.4 Å². The first-order valence-electron chi connectivity index (χ1n) is 11.4. The van der Waals surface area contributed by atoms with Crippen molar-refractivity contribution in [3.63, 3.8) is 0 Å². The molecule has 0 saturated carbocycles. The molecule has 0 aromatic heterocycles. The third-order valence-electron chi connectivity index (χ3n) is 6.57. The van der Waals surface area contributed by atoms with Gasteiger partial charge in [0.1, 0.15) is 6.54 Å². The smallest absolute Gasteiger partial charge is 0.256 e. The minimum Gasteiger partial charge on any atom is -0.381 e. The van der Waals surface area contributed by atoms with E-state index in [0.717, 1.165) is 65.0 Å². The Morgan fingerprint density at radius 3 is 2.31 bits per heavy atom. The summed E-state index contributed by atoms with van der Waals surface area (Å²) in [7, 11) is 4.60. The lowest BCUT2D eigenvalue weighted by atomic mass is 9.95. The first-order valence-corrected chi connectivity index (χ1v) is 11.4. The molecule has 32 heavy (non-hydrogen) atoms. The Hall–Kier alpha value is -2.95. The number of nitrogens with one attached hydrogen (secondary N) is 1. The zero-order valence-corrected chi connectivity index (χ0v) is 19.3. The Morgan fingerprint density at radius 1 is 0.938 bits per heavy atom. The van der Waals surface area contributed by atoms with Crippen LogP contribution in [0.1, 0.15) is 34.3 Å².